The Labute approximate surface area is 139 Å². The number of benzene rings is 1. The third kappa shape index (κ3) is 4.76. The van der Waals surface area contributed by atoms with E-state index in [0.717, 1.165) is 31.5 Å². The Morgan fingerprint density at radius 3 is 2.17 bits per heavy atom. The van der Waals surface area contributed by atoms with Crippen LogP contribution in [0, 0.1) is 0 Å². The first-order chi connectivity index (χ1) is 10.6. The number of β-amino-alcohol motifs (C(OH)–C–C–N with tert-alkyl or cyclic N) is 1. The van der Waals surface area contributed by atoms with E-state index in [2.05, 4.69) is 23.9 Å². The zero-order valence-electron chi connectivity index (χ0n) is 14.5. The zero-order valence-corrected chi connectivity index (χ0v) is 15.3. The van der Waals surface area contributed by atoms with Gasteiger partial charge in [-0.2, -0.15) is 0 Å². The van der Waals surface area contributed by atoms with Gasteiger partial charge in [-0.15, -0.1) is 0 Å². The average Bonchev–Trinajstić information content (AvgIpc) is 2.46. The lowest BCUT2D eigenvalue weighted by atomic mass is 9.94. The van der Waals surface area contributed by atoms with Crippen LogP contribution in [0.2, 0.25) is 0 Å². The minimum absolute atomic E-state index is 0.281. The van der Waals surface area contributed by atoms with Crippen LogP contribution in [0.1, 0.15) is 25.3 Å². The fourth-order valence-corrected chi connectivity index (χ4v) is 3.81. The van der Waals surface area contributed by atoms with Crippen LogP contribution in [-0.4, -0.2) is 69.4 Å². The lowest BCUT2D eigenvalue weighted by Crippen LogP contribution is -2.46. The molecule has 1 aromatic rings. The van der Waals surface area contributed by atoms with E-state index in [1.807, 2.05) is 0 Å². The van der Waals surface area contributed by atoms with Crippen molar-refractivity contribution in [2.45, 2.75) is 36.3 Å². The van der Waals surface area contributed by atoms with Gasteiger partial charge in [0.1, 0.15) is 0 Å². The summed E-state index contributed by atoms with van der Waals surface area (Å²) in [7, 11) is 1.02. The van der Waals surface area contributed by atoms with Gasteiger partial charge in [0.25, 0.3) is 0 Å². The molecule has 0 spiro atoms. The van der Waals surface area contributed by atoms with E-state index in [1.54, 1.807) is 31.2 Å². The second-order valence-corrected chi connectivity index (χ2v) is 9.06. The van der Waals surface area contributed by atoms with Gasteiger partial charge in [-0.25, -0.2) is 8.42 Å². The Morgan fingerprint density at radius 1 is 1.22 bits per heavy atom. The Hall–Kier alpha value is -0.950. The molecule has 1 aromatic carbocycles. The summed E-state index contributed by atoms with van der Waals surface area (Å²) in [5.41, 5.74) is -0.235. The van der Waals surface area contributed by atoms with Gasteiger partial charge in [0, 0.05) is 18.8 Å². The van der Waals surface area contributed by atoms with Gasteiger partial charge >= 0.3 is 0 Å². The number of aliphatic hydroxyl groups is 1. The van der Waals surface area contributed by atoms with Gasteiger partial charge in [0.15, 0.2) is 9.84 Å². The molecule has 1 saturated heterocycles. The molecule has 1 heterocycles. The molecule has 0 saturated carbocycles. The molecule has 2 rings (SSSR count). The highest BCUT2D eigenvalue weighted by atomic mass is 32.2. The molecule has 0 bridgehead atoms. The van der Waals surface area contributed by atoms with Crippen LogP contribution in [0.5, 0.6) is 0 Å². The first kappa shape index (κ1) is 18.4. The molecular weight excluding hydrogens is 312 g/mol. The lowest BCUT2D eigenvalue weighted by molar-refractivity contribution is 0.00346. The highest BCUT2D eigenvalue weighted by molar-refractivity contribution is 7.90. The Morgan fingerprint density at radius 2 is 1.74 bits per heavy atom. The zero-order chi connectivity index (χ0) is 17.3. The van der Waals surface area contributed by atoms with Gasteiger partial charge in [0.05, 0.1) is 10.5 Å². The highest BCUT2D eigenvalue weighted by Gasteiger charge is 2.29. The number of rotatable bonds is 5. The van der Waals surface area contributed by atoms with E-state index >= 15 is 0 Å². The second kappa shape index (κ2) is 6.89. The van der Waals surface area contributed by atoms with E-state index in [4.69, 9.17) is 0 Å². The topological polar surface area (TPSA) is 60.9 Å². The molecule has 1 aliphatic heterocycles. The van der Waals surface area contributed by atoms with Crippen LogP contribution >= 0.6 is 0 Å². The molecule has 0 radical (unpaired) electrons. The Bertz CT molecular complexity index is 616. The fourth-order valence-electron chi connectivity index (χ4n) is 3.18. The van der Waals surface area contributed by atoms with Gasteiger partial charge in [-0.3, -0.25) is 0 Å². The van der Waals surface area contributed by atoms with Crippen LogP contribution in [0.3, 0.4) is 0 Å². The predicted octanol–water partition coefficient (Wildman–Crippen LogP) is 1.32. The monoisotopic (exact) mass is 340 g/mol. The summed E-state index contributed by atoms with van der Waals surface area (Å²) < 4.78 is 23.0. The molecule has 1 fully saturated rings. The van der Waals surface area contributed by atoms with Crippen molar-refractivity contribution in [1.29, 1.82) is 0 Å². The van der Waals surface area contributed by atoms with Crippen molar-refractivity contribution in [3.63, 3.8) is 0 Å². The maximum Gasteiger partial charge on any atom is 0.175 e. The van der Waals surface area contributed by atoms with Crippen molar-refractivity contribution in [3.8, 4) is 0 Å². The number of hydrogen-bond acceptors (Lipinski definition) is 5. The van der Waals surface area contributed by atoms with E-state index in [-0.39, 0.29) is 4.90 Å². The van der Waals surface area contributed by atoms with Crippen LogP contribution < -0.4 is 0 Å². The summed E-state index contributed by atoms with van der Waals surface area (Å²) in [6.07, 6.45) is 3.40. The summed E-state index contributed by atoms with van der Waals surface area (Å²) >= 11 is 0. The number of piperidine rings is 1. The Balaban J connectivity index is 2.02. The third-order valence-corrected chi connectivity index (χ3v) is 5.85. The first-order valence-electron chi connectivity index (χ1n) is 8.01. The van der Waals surface area contributed by atoms with E-state index in [0.29, 0.717) is 12.6 Å². The number of nitrogens with zero attached hydrogens (tertiary/aromatic N) is 2. The van der Waals surface area contributed by atoms with Crippen molar-refractivity contribution < 1.29 is 13.5 Å². The van der Waals surface area contributed by atoms with Crippen LogP contribution in [-0.2, 0) is 15.4 Å². The molecule has 0 aromatic heterocycles. The standard InChI is InChI=1S/C17H28N2O3S/c1-17(20,13-19-11-9-15(10-12-19)18(2)3)14-5-7-16(8-6-14)23(4,21)22/h5-8,15,20H,9-13H2,1-4H3. The minimum atomic E-state index is -3.20. The van der Waals surface area contributed by atoms with E-state index in [1.165, 1.54) is 6.26 Å². The fraction of sp³-hybridized carbons (Fsp3) is 0.647. The molecule has 1 aliphatic rings. The normalized spacial score (nSPS) is 20.6. The maximum atomic E-state index is 11.5. The van der Waals surface area contributed by atoms with Gasteiger partial charge in [-0.05, 0) is 64.6 Å². The van der Waals surface area contributed by atoms with Gasteiger partial charge in [-0.1, -0.05) is 12.1 Å². The molecule has 23 heavy (non-hydrogen) atoms. The molecule has 5 nitrogen and oxygen atoms in total. The quantitative estimate of drug-likeness (QED) is 0.876. The van der Waals surface area contributed by atoms with Crippen molar-refractivity contribution in [2.75, 3.05) is 40.0 Å². The van der Waals surface area contributed by atoms with Crippen molar-refractivity contribution in [1.82, 2.24) is 9.80 Å². The van der Waals surface area contributed by atoms with Gasteiger partial charge in [0.2, 0.25) is 0 Å². The number of sulfone groups is 1. The highest BCUT2D eigenvalue weighted by Crippen LogP contribution is 2.25. The predicted molar refractivity (Wildman–Crippen MR) is 92.3 cm³/mol. The molecule has 1 atom stereocenters. The van der Waals surface area contributed by atoms with Crippen LogP contribution in [0.4, 0.5) is 0 Å². The van der Waals surface area contributed by atoms with Crippen molar-refractivity contribution >= 4 is 9.84 Å². The van der Waals surface area contributed by atoms with E-state index < -0.39 is 15.4 Å². The van der Waals surface area contributed by atoms with Gasteiger partial charge < -0.3 is 14.9 Å². The summed E-state index contributed by atoms with van der Waals surface area (Å²) in [4.78, 5) is 4.83. The van der Waals surface area contributed by atoms with E-state index in [9.17, 15) is 13.5 Å². The SMILES string of the molecule is CN(C)C1CCN(CC(C)(O)c2ccc(S(C)(=O)=O)cc2)CC1. The molecule has 1 unspecified atom stereocenters. The van der Waals surface area contributed by atoms with Crippen LogP contribution in [0.25, 0.3) is 0 Å². The van der Waals surface area contributed by atoms with Crippen molar-refractivity contribution in [2.24, 2.45) is 0 Å². The maximum absolute atomic E-state index is 11.5. The lowest BCUT2D eigenvalue weighted by Gasteiger charge is -2.38. The third-order valence-electron chi connectivity index (χ3n) is 4.72. The minimum Gasteiger partial charge on any atom is -0.384 e. The molecule has 130 valence electrons. The second-order valence-electron chi connectivity index (χ2n) is 7.04. The summed E-state index contributed by atoms with van der Waals surface area (Å²) in [5, 5.41) is 10.8. The summed E-state index contributed by atoms with van der Waals surface area (Å²) in [5.74, 6) is 0. The smallest absolute Gasteiger partial charge is 0.175 e. The largest absolute Gasteiger partial charge is 0.384 e. The van der Waals surface area contributed by atoms with Crippen LogP contribution in [0.15, 0.2) is 29.2 Å². The van der Waals surface area contributed by atoms with Crippen molar-refractivity contribution in [3.05, 3.63) is 29.8 Å². The number of hydrogen-bond donors (Lipinski definition) is 1. The average molecular weight is 340 g/mol. The molecule has 0 aliphatic carbocycles. The summed E-state index contributed by atoms with van der Waals surface area (Å²) in [6, 6.07) is 7.17. The Kier molecular flexibility index (Phi) is 5.51. The summed E-state index contributed by atoms with van der Waals surface area (Å²) in [6.45, 7) is 4.30. The molecule has 0 amide bonds. The molecule has 6 heteroatoms. The molecular formula is C17H28N2O3S. The first-order valence-corrected chi connectivity index (χ1v) is 9.90. The molecule has 1 N–H and O–H groups in total. The number of likely N-dealkylation sites (tertiary alicyclic amines) is 1.